The number of piperidine rings is 1. The first-order valence-corrected chi connectivity index (χ1v) is 10.1. The Morgan fingerprint density at radius 1 is 1.30 bits per heavy atom. The molecule has 4 nitrogen and oxygen atoms in total. The summed E-state index contributed by atoms with van der Waals surface area (Å²) in [6, 6.07) is 4.00. The minimum absolute atomic E-state index is 0.449. The molecule has 0 spiro atoms. The monoisotopic (exact) mass is 378 g/mol. The molecule has 0 bridgehead atoms. The third-order valence-electron chi connectivity index (χ3n) is 4.23. The summed E-state index contributed by atoms with van der Waals surface area (Å²) in [7, 11) is -3.31. The maximum absolute atomic E-state index is 12.7. The Labute approximate surface area is 132 Å². The lowest BCUT2D eigenvalue weighted by Crippen LogP contribution is -2.45. The predicted molar refractivity (Wildman–Crippen MR) is 84.5 cm³/mol. The van der Waals surface area contributed by atoms with Crippen molar-refractivity contribution in [1.29, 1.82) is 0 Å². The largest absolute Gasteiger partial charge is 0.314 e. The third-order valence-corrected chi connectivity index (χ3v) is 8.19. The molecular weight excluding hydrogens is 360 g/mol. The highest BCUT2D eigenvalue weighted by molar-refractivity contribution is 9.11. The van der Waals surface area contributed by atoms with E-state index in [2.05, 4.69) is 21.2 Å². The molecule has 112 valence electrons. The van der Waals surface area contributed by atoms with Gasteiger partial charge in [-0.25, -0.2) is 8.42 Å². The maximum atomic E-state index is 12.7. The molecule has 0 amide bonds. The van der Waals surface area contributed by atoms with E-state index in [9.17, 15) is 8.42 Å². The van der Waals surface area contributed by atoms with Crippen molar-refractivity contribution < 1.29 is 8.42 Å². The molecule has 1 N–H and O–H groups in total. The minimum atomic E-state index is -3.31. The molecule has 2 aliphatic heterocycles. The van der Waals surface area contributed by atoms with Gasteiger partial charge < -0.3 is 5.32 Å². The highest BCUT2D eigenvalue weighted by Gasteiger charge is 2.35. The Morgan fingerprint density at radius 2 is 2.15 bits per heavy atom. The number of thiophene rings is 1. The fraction of sp³-hybridized carbons (Fsp3) is 0.692. The van der Waals surface area contributed by atoms with Crippen LogP contribution in [0.1, 0.15) is 25.7 Å². The molecule has 2 aliphatic rings. The summed E-state index contributed by atoms with van der Waals surface area (Å²) in [6.07, 6.45) is 4.50. The van der Waals surface area contributed by atoms with E-state index in [0.717, 1.165) is 23.2 Å². The fourth-order valence-electron chi connectivity index (χ4n) is 3.20. The van der Waals surface area contributed by atoms with Gasteiger partial charge in [0.15, 0.2) is 0 Å². The average molecular weight is 379 g/mol. The van der Waals surface area contributed by atoms with Crippen LogP contribution in [0.4, 0.5) is 0 Å². The molecule has 7 heteroatoms. The molecule has 0 saturated carbocycles. The van der Waals surface area contributed by atoms with E-state index in [0.29, 0.717) is 29.3 Å². The van der Waals surface area contributed by atoms with E-state index in [-0.39, 0.29) is 0 Å². The highest BCUT2D eigenvalue weighted by atomic mass is 79.9. The van der Waals surface area contributed by atoms with Crippen LogP contribution in [0.5, 0.6) is 0 Å². The molecule has 1 aromatic heterocycles. The zero-order chi connectivity index (χ0) is 14.2. The van der Waals surface area contributed by atoms with Crippen LogP contribution >= 0.6 is 27.3 Å². The number of hydrogen-bond donors (Lipinski definition) is 1. The van der Waals surface area contributed by atoms with Gasteiger partial charge in [0.05, 0.1) is 3.79 Å². The van der Waals surface area contributed by atoms with Crippen LogP contribution < -0.4 is 5.32 Å². The Morgan fingerprint density at radius 3 is 2.80 bits per heavy atom. The van der Waals surface area contributed by atoms with Crippen LogP contribution in [0.2, 0.25) is 0 Å². The normalized spacial score (nSPS) is 28.9. The number of rotatable bonds is 3. The first-order valence-electron chi connectivity index (χ1n) is 7.06. The van der Waals surface area contributed by atoms with Crippen molar-refractivity contribution in [3.05, 3.63) is 15.9 Å². The van der Waals surface area contributed by atoms with Crippen LogP contribution in [0.3, 0.4) is 0 Å². The van der Waals surface area contributed by atoms with Gasteiger partial charge in [-0.2, -0.15) is 4.31 Å². The predicted octanol–water partition coefficient (Wildman–Crippen LogP) is 2.66. The summed E-state index contributed by atoms with van der Waals surface area (Å²) in [5.41, 5.74) is 0. The second-order valence-corrected chi connectivity index (χ2v) is 10.2. The van der Waals surface area contributed by atoms with Gasteiger partial charge in [-0.05, 0) is 66.2 Å². The van der Waals surface area contributed by atoms with Gasteiger partial charge in [-0.15, -0.1) is 11.3 Å². The lowest BCUT2D eigenvalue weighted by molar-refractivity contribution is 0.227. The smallest absolute Gasteiger partial charge is 0.252 e. The molecule has 3 heterocycles. The van der Waals surface area contributed by atoms with Crippen LogP contribution in [-0.4, -0.2) is 38.4 Å². The van der Waals surface area contributed by atoms with E-state index >= 15 is 0 Å². The van der Waals surface area contributed by atoms with E-state index in [4.69, 9.17) is 0 Å². The molecule has 2 fully saturated rings. The summed E-state index contributed by atoms with van der Waals surface area (Å²) >= 11 is 4.63. The molecule has 0 aromatic carbocycles. The van der Waals surface area contributed by atoms with Crippen molar-refractivity contribution in [1.82, 2.24) is 9.62 Å². The second-order valence-electron chi connectivity index (χ2n) is 5.53. The number of nitrogens with zero attached hydrogens (tertiary/aromatic N) is 1. The lowest BCUT2D eigenvalue weighted by Gasteiger charge is -2.34. The van der Waals surface area contributed by atoms with Crippen molar-refractivity contribution >= 4 is 37.3 Å². The molecule has 2 saturated heterocycles. The molecule has 0 aliphatic carbocycles. The molecule has 2 atom stereocenters. The molecule has 0 radical (unpaired) electrons. The maximum Gasteiger partial charge on any atom is 0.252 e. The van der Waals surface area contributed by atoms with Crippen molar-refractivity contribution in [2.45, 2.75) is 35.9 Å². The van der Waals surface area contributed by atoms with Gasteiger partial charge in [0.2, 0.25) is 0 Å². The standard InChI is InChI=1S/C13H19BrN2O2S2/c14-12-5-6-13(19-12)20(17,18)16-8-2-3-10(9-16)11-4-1-7-15-11/h5-6,10-11,15H,1-4,7-9H2. The van der Waals surface area contributed by atoms with Crippen LogP contribution in [0.25, 0.3) is 0 Å². The zero-order valence-electron chi connectivity index (χ0n) is 11.2. The quantitative estimate of drug-likeness (QED) is 0.879. The summed E-state index contributed by atoms with van der Waals surface area (Å²) in [5, 5.41) is 3.52. The molecule has 3 rings (SSSR count). The highest BCUT2D eigenvalue weighted by Crippen LogP contribution is 2.32. The van der Waals surface area contributed by atoms with Gasteiger partial charge in [0.25, 0.3) is 10.0 Å². The molecule has 1 aromatic rings. The average Bonchev–Trinajstić information content (AvgIpc) is 3.10. The van der Waals surface area contributed by atoms with Crippen molar-refractivity contribution in [3.8, 4) is 0 Å². The Balaban J connectivity index is 1.75. The minimum Gasteiger partial charge on any atom is -0.314 e. The number of halogens is 1. The molecule has 2 unspecified atom stereocenters. The fourth-order valence-corrected chi connectivity index (χ4v) is 6.90. The van der Waals surface area contributed by atoms with Gasteiger partial charge in [-0.1, -0.05) is 0 Å². The van der Waals surface area contributed by atoms with E-state index in [1.54, 1.807) is 16.4 Å². The van der Waals surface area contributed by atoms with Crippen LogP contribution in [0.15, 0.2) is 20.1 Å². The van der Waals surface area contributed by atoms with Crippen molar-refractivity contribution in [3.63, 3.8) is 0 Å². The second kappa shape index (κ2) is 6.04. The van der Waals surface area contributed by atoms with E-state index < -0.39 is 10.0 Å². The molecular formula is C13H19BrN2O2S2. The van der Waals surface area contributed by atoms with Gasteiger partial charge in [0.1, 0.15) is 4.21 Å². The Kier molecular flexibility index (Phi) is 4.52. The summed E-state index contributed by atoms with van der Waals surface area (Å²) in [4.78, 5) is 0. The first-order chi connectivity index (χ1) is 9.57. The van der Waals surface area contributed by atoms with Crippen molar-refractivity contribution in [2.75, 3.05) is 19.6 Å². The van der Waals surface area contributed by atoms with Gasteiger partial charge in [0, 0.05) is 19.1 Å². The number of sulfonamides is 1. The summed E-state index contributed by atoms with van der Waals surface area (Å²) in [5.74, 6) is 0.462. The Bertz CT molecular complexity index is 567. The summed E-state index contributed by atoms with van der Waals surface area (Å²) in [6.45, 7) is 2.39. The molecule has 20 heavy (non-hydrogen) atoms. The Hall–Kier alpha value is 0.0500. The zero-order valence-corrected chi connectivity index (χ0v) is 14.4. The number of nitrogens with one attached hydrogen (secondary N) is 1. The summed E-state index contributed by atoms with van der Waals surface area (Å²) < 4.78 is 28.3. The lowest BCUT2D eigenvalue weighted by atomic mass is 9.91. The van der Waals surface area contributed by atoms with Crippen molar-refractivity contribution in [2.24, 2.45) is 5.92 Å². The van der Waals surface area contributed by atoms with Crippen LogP contribution in [0, 0.1) is 5.92 Å². The number of hydrogen-bond acceptors (Lipinski definition) is 4. The van der Waals surface area contributed by atoms with Crippen LogP contribution in [-0.2, 0) is 10.0 Å². The van der Waals surface area contributed by atoms with E-state index in [1.165, 1.54) is 24.2 Å². The third kappa shape index (κ3) is 2.97. The van der Waals surface area contributed by atoms with E-state index in [1.807, 2.05) is 0 Å². The SMILES string of the molecule is O=S(=O)(c1ccc(Br)s1)N1CCCC(C2CCCN2)C1. The first kappa shape index (κ1) is 15.0. The van der Waals surface area contributed by atoms with Gasteiger partial charge >= 0.3 is 0 Å². The topological polar surface area (TPSA) is 49.4 Å². The van der Waals surface area contributed by atoms with Gasteiger partial charge in [-0.3, -0.25) is 0 Å².